The van der Waals surface area contributed by atoms with Crippen molar-refractivity contribution in [2.24, 2.45) is 0 Å². The van der Waals surface area contributed by atoms with Crippen molar-refractivity contribution in [3.63, 3.8) is 0 Å². The number of sulfonamides is 1. The van der Waals surface area contributed by atoms with Crippen LogP contribution >= 0.6 is 0 Å². The lowest BCUT2D eigenvalue weighted by Crippen LogP contribution is -2.37. The summed E-state index contributed by atoms with van der Waals surface area (Å²) in [6.45, 7) is 5.66. The first-order valence-electron chi connectivity index (χ1n) is 5.69. The monoisotopic (exact) mass is 281 g/mol. The Bertz CT molecular complexity index is 391. The molecule has 1 N–H and O–H groups in total. The van der Waals surface area contributed by atoms with Gasteiger partial charge in [-0.2, -0.15) is 0 Å². The van der Waals surface area contributed by atoms with Crippen molar-refractivity contribution in [3.8, 4) is 0 Å². The normalized spacial score (nSPS) is 22.9. The van der Waals surface area contributed by atoms with E-state index >= 15 is 0 Å². The third-order valence-electron chi connectivity index (χ3n) is 2.21. The van der Waals surface area contributed by atoms with Crippen LogP contribution in [0.1, 0.15) is 20.8 Å². The van der Waals surface area contributed by atoms with E-state index in [4.69, 9.17) is 9.47 Å². The minimum atomic E-state index is -3.69. The van der Waals surface area contributed by atoms with Crippen LogP contribution in [0.25, 0.3) is 0 Å². The van der Waals surface area contributed by atoms with Gasteiger partial charge in [-0.25, -0.2) is 13.1 Å². The summed E-state index contributed by atoms with van der Waals surface area (Å²) < 4.78 is 40.6. The Kier molecular flexibility index (Phi) is 5.09. The van der Waals surface area contributed by atoms with Crippen LogP contribution in [-0.4, -0.2) is 51.8 Å². The second kappa shape index (κ2) is 5.96. The van der Waals surface area contributed by atoms with E-state index in [2.05, 4.69) is 9.46 Å². The van der Waals surface area contributed by atoms with Crippen molar-refractivity contribution < 1.29 is 27.4 Å². The third-order valence-corrected chi connectivity index (χ3v) is 3.43. The Morgan fingerprint density at radius 3 is 2.67 bits per heavy atom. The number of hydrogen-bond donors (Lipinski definition) is 1. The zero-order chi connectivity index (χ0) is 13.8. The highest BCUT2D eigenvalue weighted by molar-refractivity contribution is 7.90. The van der Waals surface area contributed by atoms with Gasteiger partial charge in [-0.15, -0.1) is 0 Å². The molecular weight excluding hydrogens is 262 g/mol. The molecule has 1 atom stereocenters. The minimum absolute atomic E-state index is 0.0746. The number of ether oxygens (including phenoxy) is 3. The van der Waals surface area contributed by atoms with E-state index in [1.54, 1.807) is 20.8 Å². The first-order valence-corrected chi connectivity index (χ1v) is 7.34. The second-order valence-electron chi connectivity index (χ2n) is 4.36. The van der Waals surface area contributed by atoms with Gasteiger partial charge in [-0.3, -0.25) is 4.79 Å². The number of nitrogens with one attached hydrogen (secondary N) is 1. The highest BCUT2D eigenvalue weighted by atomic mass is 32.2. The molecule has 1 aliphatic rings. The maximum Gasteiger partial charge on any atom is 0.322 e. The van der Waals surface area contributed by atoms with E-state index < -0.39 is 27.5 Å². The van der Waals surface area contributed by atoms with E-state index in [-0.39, 0.29) is 19.3 Å². The van der Waals surface area contributed by atoms with Crippen molar-refractivity contribution in [3.05, 3.63) is 0 Å². The summed E-state index contributed by atoms with van der Waals surface area (Å²) in [5, 5.41) is 0. The molecule has 0 radical (unpaired) electrons. The van der Waals surface area contributed by atoms with Gasteiger partial charge >= 0.3 is 5.97 Å². The molecule has 1 saturated heterocycles. The lowest BCUT2D eigenvalue weighted by molar-refractivity contribution is -0.140. The molecule has 7 nitrogen and oxygen atoms in total. The molecular formula is C10H19NO6S. The topological polar surface area (TPSA) is 90.9 Å². The summed E-state index contributed by atoms with van der Waals surface area (Å²) in [7, 11) is -3.69. The summed E-state index contributed by atoms with van der Waals surface area (Å²) in [5.74, 6) is -2.15. The Morgan fingerprint density at radius 2 is 2.17 bits per heavy atom. The zero-order valence-corrected chi connectivity index (χ0v) is 11.6. The number of carbonyl (C=O) groups is 1. The minimum Gasteiger partial charge on any atom is -0.465 e. The van der Waals surface area contributed by atoms with Crippen LogP contribution in [-0.2, 0) is 29.0 Å². The molecule has 0 aliphatic carbocycles. The fourth-order valence-electron chi connectivity index (χ4n) is 1.49. The van der Waals surface area contributed by atoms with E-state index in [1.807, 2.05) is 0 Å². The molecule has 1 rings (SSSR count). The SMILES string of the molecule is CCOC(=O)CS(=O)(=O)NCC1COC(C)(C)O1. The van der Waals surface area contributed by atoms with Crippen LogP contribution in [0, 0.1) is 0 Å². The van der Waals surface area contributed by atoms with Crippen LogP contribution < -0.4 is 4.72 Å². The molecule has 0 aromatic rings. The van der Waals surface area contributed by atoms with Gasteiger partial charge in [-0.1, -0.05) is 0 Å². The van der Waals surface area contributed by atoms with Crippen LogP contribution in [0.4, 0.5) is 0 Å². The Morgan fingerprint density at radius 1 is 1.50 bits per heavy atom. The first kappa shape index (κ1) is 15.4. The smallest absolute Gasteiger partial charge is 0.322 e. The average molecular weight is 281 g/mol. The molecule has 1 aliphatic heterocycles. The maximum atomic E-state index is 11.5. The molecule has 0 bridgehead atoms. The number of carbonyl (C=O) groups excluding carboxylic acids is 1. The molecule has 0 aromatic heterocycles. The molecule has 0 aromatic carbocycles. The lowest BCUT2D eigenvalue weighted by atomic mass is 10.4. The Labute approximate surface area is 107 Å². The van der Waals surface area contributed by atoms with Crippen LogP contribution in [0.2, 0.25) is 0 Å². The summed E-state index contributed by atoms with van der Waals surface area (Å²) in [4.78, 5) is 11.1. The Balaban J connectivity index is 2.36. The standard InChI is InChI=1S/C10H19NO6S/c1-4-15-9(12)7-18(13,14)11-5-8-6-16-10(2,3)17-8/h8,11H,4-7H2,1-3H3. The second-order valence-corrected chi connectivity index (χ2v) is 6.17. The summed E-state index contributed by atoms with van der Waals surface area (Å²) >= 11 is 0. The van der Waals surface area contributed by atoms with Crippen LogP contribution in [0.5, 0.6) is 0 Å². The summed E-state index contributed by atoms with van der Waals surface area (Å²) in [5.41, 5.74) is 0. The molecule has 0 amide bonds. The predicted molar refractivity (Wildman–Crippen MR) is 63.3 cm³/mol. The molecule has 106 valence electrons. The van der Waals surface area contributed by atoms with Crippen LogP contribution in [0.15, 0.2) is 0 Å². The van der Waals surface area contributed by atoms with Gasteiger partial charge in [-0.05, 0) is 20.8 Å². The number of hydrogen-bond acceptors (Lipinski definition) is 6. The van der Waals surface area contributed by atoms with Crippen molar-refractivity contribution >= 4 is 16.0 Å². The zero-order valence-electron chi connectivity index (χ0n) is 10.8. The molecule has 0 spiro atoms. The fraction of sp³-hybridized carbons (Fsp3) is 0.900. The van der Waals surface area contributed by atoms with Gasteiger partial charge in [0.2, 0.25) is 10.0 Å². The molecule has 8 heteroatoms. The first-order chi connectivity index (χ1) is 8.24. The molecule has 1 unspecified atom stereocenters. The summed E-state index contributed by atoms with van der Waals surface area (Å²) in [6, 6.07) is 0. The highest BCUT2D eigenvalue weighted by Gasteiger charge is 2.33. The van der Waals surface area contributed by atoms with Gasteiger partial charge in [0.25, 0.3) is 0 Å². The van der Waals surface area contributed by atoms with Crippen molar-refractivity contribution in [1.82, 2.24) is 4.72 Å². The maximum absolute atomic E-state index is 11.5. The van der Waals surface area contributed by atoms with Gasteiger partial charge < -0.3 is 14.2 Å². The molecule has 0 saturated carbocycles. The lowest BCUT2D eigenvalue weighted by Gasteiger charge is -2.17. The van der Waals surface area contributed by atoms with Crippen molar-refractivity contribution in [2.45, 2.75) is 32.7 Å². The largest absolute Gasteiger partial charge is 0.465 e. The van der Waals surface area contributed by atoms with Gasteiger partial charge in [0.1, 0.15) is 0 Å². The van der Waals surface area contributed by atoms with Gasteiger partial charge in [0.15, 0.2) is 11.5 Å². The van der Waals surface area contributed by atoms with Gasteiger partial charge in [0.05, 0.1) is 19.3 Å². The molecule has 18 heavy (non-hydrogen) atoms. The van der Waals surface area contributed by atoms with E-state index in [9.17, 15) is 13.2 Å². The van der Waals surface area contributed by atoms with E-state index in [0.29, 0.717) is 6.61 Å². The van der Waals surface area contributed by atoms with E-state index in [0.717, 1.165) is 0 Å². The average Bonchev–Trinajstić information content (AvgIpc) is 2.55. The predicted octanol–water partition coefficient (Wildman–Crippen LogP) is -0.380. The van der Waals surface area contributed by atoms with E-state index in [1.165, 1.54) is 0 Å². The van der Waals surface area contributed by atoms with Gasteiger partial charge in [0, 0.05) is 6.54 Å². The molecule has 1 heterocycles. The third kappa shape index (κ3) is 5.30. The summed E-state index contributed by atoms with van der Waals surface area (Å²) in [6.07, 6.45) is -0.350. The van der Waals surface area contributed by atoms with Crippen molar-refractivity contribution in [2.75, 3.05) is 25.5 Å². The molecule has 1 fully saturated rings. The van der Waals surface area contributed by atoms with Crippen LogP contribution in [0.3, 0.4) is 0 Å². The quantitative estimate of drug-likeness (QED) is 0.667. The highest BCUT2D eigenvalue weighted by Crippen LogP contribution is 2.21. The number of rotatable bonds is 6. The fourth-order valence-corrected chi connectivity index (χ4v) is 2.43. The number of esters is 1. The Hall–Kier alpha value is -0.700. The van der Waals surface area contributed by atoms with Crippen molar-refractivity contribution in [1.29, 1.82) is 0 Å².